The number of rotatable bonds is 2. The second-order valence-corrected chi connectivity index (χ2v) is 3.49. The average Bonchev–Trinajstić information content (AvgIpc) is 2.74. The van der Waals surface area contributed by atoms with Gasteiger partial charge in [0.25, 0.3) is 0 Å². The molecule has 0 amide bonds. The first-order valence-electron chi connectivity index (χ1n) is 4.61. The molecule has 0 aromatic heterocycles. The Bertz CT molecular complexity index is 280. The monoisotopic (exact) mass is 216 g/mol. The molecule has 0 radical (unpaired) electrons. The third kappa shape index (κ3) is 1.49. The Labute approximate surface area is 86.4 Å². The zero-order valence-corrected chi connectivity index (χ0v) is 8.47. The van der Waals surface area contributed by atoms with Gasteiger partial charge in [-0.1, -0.05) is 0 Å². The van der Waals surface area contributed by atoms with Crippen molar-refractivity contribution in [1.82, 2.24) is 0 Å². The number of hydrogen-bond acceptors (Lipinski definition) is 6. The molecule has 6 heteroatoms. The molecule has 15 heavy (non-hydrogen) atoms. The summed E-state index contributed by atoms with van der Waals surface area (Å²) in [6, 6.07) is 0. The van der Waals surface area contributed by atoms with E-state index in [1.165, 1.54) is 14.2 Å². The number of carbonyl (C=O) groups is 2. The van der Waals surface area contributed by atoms with Crippen LogP contribution < -0.4 is 0 Å². The smallest absolute Gasteiger partial charge is 0.321 e. The van der Waals surface area contributed by atoms with E-state index in [2.05, 4.69) is 4.74 Å². The Hall–Kier alpha value is -1.14. The molecule has 2 fully saturated rings. The highest BCUT2D eigenvalue weighted by Crippen LogP contribution is 2.38. The Morgan fingerprint density at radius 2 is 2.20 bits per heavy atom. The van der Waals surface area contributed by atoms with Crippen molar-refractivity contribution in [2.75, 3.05) is 20.8 Å². The van der Waals surface area contributed by atoms with Gasteiger partial charge in [0.2, 0.25) is 0 Å². The first-order chi connectivity index (χ1) is 7.19. The van der Waals surface area contributed by atoms with Gasteiger partial charge in [-0.25, -0.2) is 0 Å². The SMILES string of the molecule is COC(=O)C1C(=O)O[C@H]2COC(OC)[C@@H]12. The van der Waals surface area contributed by atoms with Crippen LogP contribution in [0.15, 0.2) is 0 Å². The molecule has 2 rings (SSSR count). The molecule has 2 unspecified atom stereocenters. The molecule has 2 saturated heterocycles. The largest absolute Gasteiger partial charge is 0.468 e. The number of hydrogen-bond donors (Lipinski definition) is 0. The Kier molecular flexibility index (Phi) is 2.62. The molecule has 2 heterocycles. The number of fused-ring (bicyclic) bond motifs is 1. The van der Waals surface area contributed by atoms with Crippen molar-refractivity contribution in [2.24, 2.45) is 11.8 Å². The van der Waals surface area contributed by atoms with Crippen LogP contribution in [-0.4, -0.2) is 45.2 Å². The predicted molar refractivity (Wildman–Crippen MR) is 45.6 cm³/mol. The van der Waals surface area contributed by atoms with Crippen molar-refractivity contribution in [3.05, 3.63) is 0 Å². The lowest BCUT2D eigenvalue weighted by Crippen LogP contribution is -2.34. The van der Waals surface area contributed by atoms with Crippen LogP contribution in [0.4, 0.5) is 0 Å². The lowest BCUT2D eigenvalue weighted by molar-refractivity contribution is -0.165. The summed E-state index contributed by atoms with van der Waals surface area (Å²) in [7, 11) is 2.70. The van der Waals surface area contributed by atoms with Crippen molar-refractivity contribution in [1.29, 1.82) is 0 Å². The normalized spacial score (nSPS) is 38.7. The van der Waals surface area contributed by atoms with E-state index in [-0.39, 0.29) is 6.61 Å². The maximum Gasteiger partial charge on any atom is 0.321 e. The first-order valence-corrected chi connectivity index (χ1v) is 4.61. The molecule has 2 aliphatic rings. The second kappa shape index (κ2) is 3.79. The molecule has 6 nitrogen and oxygen atoms in total. The van der Waals surface area contributed by atoms with E-state index >= 15 is 0 Å². The van der Waals surface area contributed by atoms with Gasteiger partial charge in [0.1, 0.15) is 6.10 Å². The molecular formula is C9H12O6. The van der Waals surface area contributed by atoms with Crippen molar-refractivity contribution in [3.63, 3.8) is 0 Å². The molecule has 2 aliphatic heterocycles. The van der Waals surface area contributed by atoms with E-state index in [0.29, 0.717) is 0 Å². The topological polar surface area (TPSA) is 71.1 Å². The average molecular weight is 216 g/mol. The van der Waals surface area contributed by atoms with Crippen LogP contribution in [0.3, 0.4) is 0 Å². The highest BCUT2D eigenvalue weighted by atomic mass is 16.7. The van der Waals surface area contributed by atoms with Gasteiger partial charge < -0.3 is 18.9 Å². The minimum atomic E-state index is -0.924. The molecule has 4 atom stereocenters. The van der Waals surface area contributed by atoms with Gasteiger partial charge in [-0.3, -0.25) is 9.59 Å². The van der Waals surface area contributed by atoms with E-state index in [1.54, 1.807) is 0 Å². The van der Waals surface area contributed by atoms with Gasteiger partial charge in [0, 0.05) is 7.11 Å². The summed E-state index contributed by atoms with van der Waals surface area (Å²) in [6.07, 6.45) is -0.975. The van der Waals surface area contributed by atoms with Crippen LogP contribution in [-0.2, 0) is 28.5 Å². The third-order valence-electron chi connectivity index (χ3n) is 2.76. The Morgan fingerprint density at radius 3 is 2.80 bits per heavy atom. The third-order valence-corrected chi connectivity index (χ3v) is 2.76. The minimum absolute atomic E-state index is 0.266. The fraction of sp³-hybridized carbons (Fsp3) is 0.778. The summed E-state index contributed by atoms with van der Waals surface area (Å²) in [5.41, 5.74) is 0. The Morgan fingerprint density at radius 1 is 1.47 bits per heavy atom. The van der Waals surface area contributed by atoms with Crippen molar-refractivity contribution in [2.45, 2.75) is 12.4 Å². The van der Waals surface area contributed by atoms with Crippen molar-refractivity contribution in [3.8, 4) is 0 Å². The Balaban J connectivity index is 2.21. The summed E-state index contributed by atoms with van der Waals surface area (Å²) >= 11 is 0. The van der Waals surface area contributed by atoms with E-state index in [1.807, 2.05) is 0 Å². The maximum absolute atomic E-state index is 11.4. The molecule has 0 aliphatic carbocycles. The number of ether oxygens (including phenoxy) is 4. The molecule has 0 N–H and O–H groups in total. The highest BCUT2D eigenvalue weighted by molar-refractivity contribution is 5.96. The van der Waals surface area contributed by atoms with Crippen LogP contribution in [0.2, 0.25) is 0 Å². The van der Waals surface area contributed by atoms with Crippen LogP contribution in [0.1, 0.15) is 0 Å². The standard InChI is InChI=1S/C9H12O6/c1-12-7(10)6-5-4(15-8(6)11)3-14-9(5)13-2/h4-6,9H,3H2,1-2H3/t4-,5+,6?,9?/m0/s1. The summed E-state index contributed by atoms with van der Waals surface area (Å²) in [4.78, 5) is 22.8. The molecule has 0 aromatic carbocycles. The van der Waals surface area contributed by atoms with E-state index in [0.717, 1.165) is 0 Å². The van der Waals surface area contributed by atoms with Gasteiger partial charge in [0.05, 0.1) is 19.6 Å². The molecule has 0 saturated carbocycles. The molecule has 84 valence electrons. The van der Waals surface area contributed by atoms with Crippen LogP contribution in [0.25, 0.3) is 0 Å². The first kappa shape index (κ1) is 10.4. The molecule has 0 spiro atoms. The van der Waals surface area contributed by atoms with Gasteiger partial charge >= 0.3 is 11.9 Å². The number of carbonyl (C=O) groups excluding carboxylic acids is 2. The highest BCUT2D eigenvalue weighted by Gasteiger charge is 2.57. The molecule has 0 aromatic rings. The predicted octanol–water partition coefficient (Wildman–Crippen LogP) is -0.680. The van der Waals surface area contributed by atoms with Gasteiger partial charge in [-0.05, 0) is 0 Å². The van der Waals surface area contributed by atoms with E-state index in [9.17, 15) is 9.59 Å². The minimum Gasteiger partial charge on any atom is -0.468 e. The van der Waals surface area contributed by atoms with Crippen molar-refractivity contribution < 1.29 is 28.5 Å². The summed E-state index contributed by atoms with van der Waals surface area (Å²) in [5, 5.41) is 0. The molecule has 0 bridgehead atoms. The number of esters is 2. The van der Waals surface area contributed by atoms with Gasteiger partial charge in [-0.15, -0.1) is 0 Å². The maximum atomic E-state index is 11.4. The lowest BCUT2D eigenvalue weighted by atomic mass is 9.91. The zero-order chi connectivity index (χ0) is 11.0. The van der Waals surface area contributed by atoms with Crippen molar-refractivity contribution >= 4 is 11.9 Å². The van der Waals surface area contributed by atoms with Gasteiger partial charge in [0.15, 0.2) is 12.2 Å². The molecular weight excluding hydrogens is 204 g/mol. The summed E-state index contributed by atoms with van der Waals surface area (Å²) in [5.74, 6) is -2.47. The quantitative estimate of drug-likeness (QED) is 0.450. The fourth-order valence-corrected chi connectivity index (χ4v) is 2.06. The van der Waals surface area contributed by atoms with E-state index in [4.69, 9.17) is 14.2 Å². The fourth-order valence-electron chi connectivity index (χ4n) is 2.06. The summed E-state index contributed by atoms with van der Waals surface area (Å²) in [6.45, 7) is 0.266. The van der Waals surface area contributed by atoms with Gasteiger partial charge in [-0.2, -0.15) is 0 Å². The van der Waals surface area contributed by atoms with Crippen LogP contribution in [0.5, 0.6) is 0 Å². The van der Waals surface area contributed by atoms with E-state index < -0.39 is 36.2 Å². The lowest BCUT2D eigenvalue weighted by Gasteiger charge is -2.17. The zero-order valence-electron chi connectivity index (χ0n) is 8.47. The van der Waals surface area contributed by atoms with Crippen LogP contribution in [0, 0.1) is 11.8 Å². The summed E-state index contributed by atoms with van der Waals surface area (Å²) < 4.78 is 19.8. The number of methoxy groups -OCH3 is 2. The van der Waals surface area contributed by atoms with Crippen LogP contribution >= 0.6 is 0 Å². The second-order valence-electron chi connectivity index (χ2n) is 3.49.